The lowest BCUT2D eigenvalue weighted by Gasteiger charge is -2.15. The highest BCUT2D eigenvalue weighted by molar-refractivity contribution is 7.89. The van der Waals surface area contributed by atoms with Gasteiger partial charge in [0.2, 0.25) is 10.0 Å². The molecule has 4 aromatic rings. The second-order valence-corrected chi connectivity index (χ2v) is 9.45. The van der Waals surface area contributed by atoms with E-state index in [2.05, 4.69) is 11.4 Å². The number of halogens is 2. The fraction of sp³-hybridized carbons (Fsp3) is 0.0400. The first-order valence-corrected chi connectivity index (χ1v) is 12.0. The van der Waals surface area contributed by atoms with Crippen LogP contribution in [0.4, 0.5) is 10.2 Å². The van der Waals surface area contributed by atoms with Crippen molar-refractivity contribution in [2.45, 2.75) is 11.4 Å². The highest BCUT2D eigenvalue weighted by atomic mass is 35.5. The first-order valence-electron chi connectivity index (χ1n) is 10.1. The SMILES string of the molecule is N#Cc1cc(-c2ccc(S(N)(=O)=O)cc2)c(-c2ccc(F)cc2)nc1NCc1ccc(Cl)cc1. The minimum atomic E-state index is -3.85. The molecule has 1 heterocycles. The monoisotopic (exact) mass is 492 g/mol. The minimum absolute atomic E-state index is 0.0331. The fourth-order valence-electron chi connectivity index (χ4n) is 3.39. The van der Waals surface area contributed by atoms with E-state index in [1.54, 1.807) is 42.5 Å². The summed E-state index contributed by atoms with van der Waals surface area (Å²) in [7, 11) is -3.85. The van der Waals surface area contributed by atoms with Gasteiger partial charge in [0.1, 0.15) is 17.7 Å². The summed E-state index contributed by atoms with van der Waals surface area (Å²) in [6.07, 6.45) is 0. The van der Waals surface area contributed by atoms with Crippen LogP contribution in [-0.2, 0) is 16.6 Å². The van der Waals surface area contributed by atoms with E-state index >= 15 is 0 Å². The molecule has 0 saturated carbocycles. The number of nitrogens with zero attached hydrogens (tertiary/aromatic N) is 2. The summed E-state index contributed by atoms with van der Waals surface area (Å²) in [5.74, 6) is -0.0285. The van der Waals surface area contributed by atoms with Gasteiger partial charge in [0.25, 0.3) is 0 Å². The molecule has 0 amide bonds. The quantitative estimate of drug-likeness (QED) is 0.377. The molecular weight excluding hydrogens is 475 g/mol. The topological polar surface area (TPSA) is 109 Å². The van der Waals surface area contributed by atoms with Crippen LogP contribution in [0.25, 0.3) is 22.4 Å². The molecule has 1 aromatic heterocycles. The van der Waals surface area contributed by atoms with Crippen LogP contribution in [0, 0.1) is 17.1 Å². The number of sulfonamides is 1. The average Bonchev–Trinajstić information content (AvgIpc) is 2.83. The number of aromatic nitrogens is 1. The van der Waals surface area contributed by atoms with E-state index in [1.807, 2.05) is 12.1 Å². The zero-order valence-corrected chi connectivity index (χ0v) is 19.2. The summed E-state index contributed by atoms with van der Waals surface area (Å²) in [6, 6.07) is 22.9. The van der Waals surface area contributed by atoms with Gasteiger partial charge in [0.15, 0.2) is 0 Å². The largest absolute Gasteiger partial charge is 0.365 e. The molecule has 0 aliphatic heterocycles. The number of nitrogens with two attached hydrogens (primary N) is 1. The van der Waals surface area contributed by atoms with Gasteiger partial charge in [-0.05, 0) is 65.7 Å². The maximum atomic E-state index is 13.6. The van der Waals surface area contributed by atoms with Gasteiger partial charge in [-0.15, -0.1) is 0 Å². The van der Waals surface area contributed by atoms with Gasteiger partial charge in [-0.25, -0.2) is 22.9 Å². The second-order valence-electron chi connectivity index (χ2n) is 7.45. The van der Waals surface area contributed by atoms with Crippen molar-refractivity contribution in [3.05, 3.63) is 101 Å². The van der Waals surface area contributed by atoms with Crippen LogP contribution in [0.15, 0.2) is 83.8 Å². The molecule has 0 unspecified atom stereocenters. The van der Waals surface area contributed by atoms with Crippen molar-refractivity contribution in [1.29, 1.82) is 5.26 Å². The second kappa shape index (κ2) is 9.61. The first kappa shape index (κ1) is 23.4. The maximum absolute atomic E-state index is 13.6. The number of primary sulfonamides is 1. The van der Waals surface area contributed by atoms with Crippen LogP contribution in [0.5, 0.6) is 0 Å². The summed E-state index contributed by atoms with van der Waals surface area (Å²) in [5.41, 5.74) is 3.58. The molecule has 0 aliphatic carbocycles. The van der Waals surface area contributed by atoms with E-state index in [-0.39, 0.29) is 4.90 Å². The van der Waals surface area contributed by atoms with Gasteiger partial charge in [-0.3, -0.25) is 0 Å². The van der Waals surface area contributed by atoms with Crippen molar-refractivity contribution < 1.29 is 12.8 Å². The zero-order chi connectivity index (χ0) is 24.3. The molecule has 0 aliphatic rings. The standard InChI is InChI=1S/C25H18ClFN4O2S/c26-20-7-1-16(2-8-20)15-30-25-19(14-28)13-23(17-5-11-22(12-6-17)34(29,32)33)24(31-25)18-3-9-21(27)10-4-18/h1-13H,15H2,(H,30,31)(H2,29,32,33). The molecule has 3 aromatic carbocycles. The Morgan fingerprint density at radius 1 is 0.971 bits per heavy atom. The lowest BCUT2D eigenvalue weighted by atomic mass is 9.97. The van der Waals surface area contributed by atoms with Gasteiger partial charge in [-0.1, -0.05) is 35.9 Å². The zero-order valence-electron chi connectivity index (χ0n) is 17.7. The Balaban J connectivity index is 1.80. The molecule has 34 heavy (non-hydrogen) atoms. The van der Waals surface area contributed by atoms with Crippen LogP contribution in [0.1, 0.15) is 11.1 Å². The highest BCUT2D eigenvalue weighted by Gasteiger charge is 2.16. The molecule has 3 N–H and O–H groups in total. The molecular formula is C25H18ClFN4O2S. The number of nitrogens with one attached hydrogen (secondary N) is 1. The van der Waals surface area contributed by atoms with Crippen LogP contribution in [-0.4, -0.2) is 13.4 Å². The van der Waals surface area contributed by atoms with E-state index in [9.17, 15) is 18.1 Å². The number of rotatable bonds is 6. The smallest absolute Gasteiger partial charge is 0.238 e. The van der Waals surface area contributed by atoms with Crippen LogP contribution < -0.4 is 10.5 Å². The van der Waals surface area contributed by atoms with E-state index in [0.29, 0.717) is 45.3 Å². The Hall–Kier alpha value is -3.77. The molecule has 170 valence electrons. The van der Waals surface area contributed by atoms with Crippen LogP contribution >= 0.6 is 11.6 Å². The van der Waals surface area contributed by atoms with E-state index in [4.69, 9.17) is 21.7 Å². The fourth-order valence-corrected chi connectivity index (χ4v) is 4.03. The summed E-state index contributed by atoms with van der Waals surface area (Å²) >= 11 is 5.94. The van der Waals surface area contributed by atoms with Gasteiger partial charge in [-0.2, -0.15) is 5.26 Å². The first-order chi connectivity index (χ1) is 16.2. The van der Waals surface area contributed by atoms with Gasteiger partial charge in [0, 0.05) is 22.7 Å². The van der Waals surface area contributed by atoms with Gasteiger partial charge < -0.3 is 5.32 Å². The average molecular weight is 493 g/mol. The number of anilines is 1. The lowest BCUT2D eigenvalue weighted by Crippen LogP contribution is -2.11. The summed E-state index contributed by atoms with van der Waals surface area (Å²) in [6.45, 7) is 0.407. The number of benzene rings is 3. The number of nitriles is 1. The van der Waals surface area contributed by atoms with E-state index in [0.717, 1.165) is 5.56 Å². The van der Waals surface area contributed by atoms with E-state index in [1.165, 1.54) is 24.3 Å². The molecule has 0 bridgehead atoms. The molecule has 0 spiro atoms. The molecule has 0 fully saturated rings. The summed E-state index contributed by atoms with van der Waals surface area (Å²) < 4.78 is 36.8. The Morgan fingerprint density at radius 3 is 2.18 bits per heavy atom. The van der Waals surface area contributed by atoms with Crippen molar-refractivity contribution in [1.82, 2.24) is 4.98 Å². The minimum Gasteiger partial charge on any atom is -0.365 e. The third-order valence-electron chi connectivity index (χ3n) is 5.13. The number of hydrogen-bond acceptors (Lipinski definition) is 5. The summed E-state index contributed by atoms with van der Waals surface area (Å²) in [5, 5.41) is 18.8. The molecule has 0 atom stereocenters. The van der Waals surface area contributed by atoms with Crippen LogP contribution in [0.3, 0.4) is 0 Å². The normalized spacial score (nSPS) is 11.1. The van der Waals surface area contributed by atoms with Crippen molar-refractivity contribution in [3.8, 4) is 28.5 Å². The molecule has 4 rings (SSSR count). The molecule has 6 nitrogen and oxygen atoms in total. The van der Waals surface area contributed by atoms with E-state index < -0.39 is 15.8 Å². The highest BCUT2D eigenvalue weighted by Crippen LogP contribution is 2.34. The van der Waals surface area contributed by atoms with Crippen molar-refractivity contribution in [3.63, 3.8) is 0 Å². The summed E-state index contributed by atoms with van der Waals surface area (Å²) in [4.78, 5) is 4.67. The predicted molar refractivity (Wildman–Crippen MR) is 130 cm³/mol. The Bertz CT molecular complexity index is 1480. The lowest BCUT2D eigenvalue weighted by molar-refractivity contribution is 0.598. The Morgan fingerprint density at radius 2 is 1.59 bits per heavy atom. The number of pyridine rings is 1. The Labute approximate surface area is 201 Å². The van der Waals surface area contributed by atoms with Crippen molar-refractivity contribution in [2.75, 3.05) is 5.32 Å². The number of hydrogen-bond donors (Lipinski definition) is 2. The van der Waals surface area contributed by atoms with Crippen molar-refractivity contribution >= 4 is 27.4 Å². The van der Waals surface area contributed by atoms with Crippen molar-refractivity contribution in [2.24, 2.45) is 5.14 Å². The molecule has 0 radical (unpaired) electrons. The predicted octanol–water partition coefficient (Wildman–Crippen LogP) is 5.34. The third-order valence-corrected chi connectivity index (χ3v) is 6.31. The maximum Gasteiger partial charge on any atom is 0.238 e. The molecule has 0 saturated heterocycles. The molecule has 9 heteroatoms. The van der Waals surface area contributed by atoms with Crippen LogP contribution in [0.2, 0.25) is 5.02 Å². The third kappa shape index (κ3) is 5.24. The Kier molecular flexibility index (Phi) is 6.61. The van der Waals surface area contributed by atoms with Gasteiger partial charge >= 0.3 is 0 Å². The van der Waals surface area contributed by atoms with Gasteiger partial charge in [0.05, 0.1) is 16.2 Å².